The molecule has 7 heteroatoms. The minimum atomic E-state index is -1.06. The fourth-order valence-corrected chi connectivity index (χ4v) is 3.06. The SMILES string of the molecule is CC(=O)Oc1ccc2c(CSc3ccccn3)c(F)c(=O)oc2c1. The van der Waals surface area contributed by atoms with Crippen LogP contribution in [0, 0.1) is 5.82 Å². The minimum absolute atomic E-state index is 0.164. The number of pyridine rings is 1. The van der Waals surface area contributed by atoms with Crippen LogP contribution in [-0.4, -0.2) is 11.0 Å². The number of rotatable bonds is 4. The molecule has 0 aliphatic carbocycles. The number of carbonyl (C=O) groups excluding carboxylic acids is 1. The molecule has 3 aromatic rings. The van der Waals surface area contributed by atoms with Gasteiger partial charge in [0.1, 0.15) is 11.3 Å². The molecule has 1 aromatic carbocycles. The topological polar surface area (TPSA) is 69.4 Å². The summed E-state index contributed by atoms with van der Waals surface area (Å²) in [7, 11) is 0. The zero-order chi connectivity index (χ0) is 17.1. The lowest BCUT2D eigenvalue weighted by Gasteiger charge is -2.08. The molecule has 122 valence electrons. The molecule has 0 fully saturated rings. The normalized spacial score (nSPS) is 10.8. The van der Waals surface area contributed by atoms with Crippen LogP contribution in [0.2, 0.25) is 0 Å². The van der Waals surface area contributed by atoms with Crippen molar-refractivity contribution in [1.29, 1.82) is 0 Å². The summed E-state index contributed by atoms with van der Waals surface area (Å²) in [5, 5.41) is 1.17. The van der Waals surface area contributed by atoms with E-state index >= 15 is 0 Å². The molecule has 0 atom stereocenters. The van der Waals surface area contributed by atoms with Crippen molar-refractivity contribution in [1.82, 2.24) is 4.98 Å². The van der Waals surface area contributed by atoms with E-state index in [1.165, 1.54) is 30.8 Å². The lowest BCUT2D eigenvalue weighted by atomic mass is 10.1. The number of carbonyl (C=O) groups is 1. The molecule has 3 rings (SSSR count). The van der Waals surface area contributed by atoms with Crippen LogP contribution in [0.15, 0.2) is 56.8 Å². The number of esters is 1. The van der Waals surface area contributed by atoms with E-state index in [1.807, 2.05) is 6.07 Å². The van der Waals surface area contributed by atoms with Crippen molar-refractivity contribution >= 4 is 28.7 Å². The molecule has 0 saturated carbocycles. The Balaban J connectivity index is 2.00. The number of hydrogen-bond donors (Lipinski definition) is 0. The molecule has 5 nitrogen and oxygen atoms in total. The van der Waals surface area contributed by atoms with E-state index in [0.29, 0.717) is 5.39 Å². The van der Waals surface area contributed by atoms with Gasteiger partial charge in [0.15, 0.2) is 0 Å². The molecule has 0 saturated heterocycles. The van der Waals surface area contributed by atoms with E-state index in [0.717, 1.165) is 5.03 Å². The molecule has 0 aliphatic heterocycles. The van der Waals surface area contributed by atoms with E-state index in [9.17, 15) is 14.0 Å². The number of halogens is 1. The van der Waals surface area contributed by atoms with Crippen molar-refractivity contribution in [3.63, 3.8) is 0 Å². The molecule has 2 heterocycles. The quantitative estimate of drug-likeness (QED) is 0.312. The van der Waals surface area contributed by atoms with E-state index in [-0.39, 0.29) is 22.6 Å². The number of fused-ring (bicyclic) bond motifs is 1. The molecule has 0 spiro atoms. The van der Waals surface area contributed by atoms with Gasteiger partial charge in [0.2, 0.25) is 5.82 Å². The van der Waals surface area contributed by atoms with Gasteiger partial charge in [0.05, 0.1) is 5.03 Å². The van der Waals surface area contributed by atoms with Crippen molar-refractivity contribution < 1.29 is 18.3 Å². The van der Waals surface area contributed by atoms with Gasteiger partial charge in [-0.15, -0.1) is 11.8 Å². The zero-order valence-electron chi connectivity index (χ0n) is 12.6. The van der Waals surface area contributed by atoms with Gasteiger partial charge in [-0.2, -0.15) is 4.39 Å². The summed E-state index contributed by atoms with van der Waals surface area (Å²) in [6.45, 7) is 1.26. The highest BCUT2D eigenvalue weighted by Crippen LogP contribution is 2.29. The number of hydrogen-bond acceptors (Lipinski definition) is 6. The maximum Gasteiger partial charge on any atom is 0.372 e. The maximum atomic E-state index is 14.2. The highest BCUT2D eigenvalue weighted by molar-refractivity contribution is 7.98. The van der Waals surface area contributed by atoms with Gasteiger partial charge in [-0.05, 0) is 24.3 Å². The molecule has 2 aromatic heterocycles. The van der Waals surface area contributed by atoms with Crippen LogP contribution in [0.3, 0.4) is 0 Å². The monoisotopic (exact) mass is 345 g/mol. The van der Waals surface area contributed by atoms with Crippen molar-refractivity contribution in [2.24, 2.45) is 0 Å². The van der Waals surface area contributed by atoms with E-state index in [4.69, 9.17) is 9.15 Å². The van der Waals surface area contributed by atoms with Crippen LogP contribution in [0.1, 0.15) is 12.5 Å². The van der Waals surface area contributed by atoms with Gasteiger partial charge in [0.25, 0.3) is 0 Å². The summed E-state index contributed by atoms with van der Waals surface area (Å²) in [6.07, 6.45) is 1.64. The van der Waals surface area contributed by atoms with Crippen LogP contribution in [0.5, 0.6) is 5.75 Å². The third-order valence-electron chi connectivity index (χ3n) is 3.19. The standard InChI is InChI=1S/C17H12FNO4S/c1-10(20)22-11-5-6-12-13(9-24-15-4-2-3-7-19-15)16(18)17(21)23-14(12)8-11/h2-8H,9H2,1H3. The number of aromatic nitrogens is 1. The summed E-state index contributed by atoms with van der Waals surface area (Å²) in [4.78, 5) is 26.9. The number of nitrogens with zero attached hydrogens (tertiary/aromatic N) is 1. The fraction of sp³-hybridized carbons (Fsp3) is 0.118. The second kappa shape index (κ2) is 6.84. The van der Waals surface area contributed by atoms with Crippen molar-refractivity contribution in [3.05, 3.63) is 64.4 Å². The first-order valence-corrected chi connectivity index (χ1v) is 8.00. The predicted molar refractivity (Wildman–Crippen MR) is 87.5 cm³/mol. The Morgan fingerprint density at radius 3 is 2.88 bits per heavy atom. The molecule has 24 heavy (non-hydrogen) atoms. The second-order valence-electron chi connectivity index (χ2n) is 4.89. The average molecular weight is 345 g/mol. The molecular formula is C17H12FNO4S. The van der Waals surface area contributed by atoms with Gasteiger partial charge in [-0.3, -0.25) is 4.79 Å². The fourth-order valence-electron chi connectivity index (χ4n) is 2.17. The summed E-state index contributed by atoms with van der Waals surface area (Å²) in [5.74, 6) is -0.971. The molecule has 0 bridgehead atoms. The molecule has 0 aliphatic rings. The molecular weight excluding hydrogens is 333 g/mol. The van der Waals surface area contributed by atoms with Gasteiger partial charge in [-0.1, -0.05) is 6.07 Å². The lowest BCUT2D eigenvalue weighted by Crippen LogP contribution is -2.09. The third-order valence-corrected chi connectivity index (χ3v) is 4.16. The first-order chi connectivity index (χ1) is 11.5. The van der Waals surface area contributed by atoms with Crippen molar-refractivity contribution in [2.75, 3.05) is 0 Å². The van der Waals surface area contributed by atoms with Gasteiger partial charge in [0, 0.05) is 35.9 Å². The first kappa shape index (κ1) is 16.2. The second-order valence-corrected chi connectivity index (χ2v) is 5.89. The van der Waals surface area contributed by atoms with Crippen LogP contribution in [0.25, 0.3) is 11.0 Å². The smallest absolute Gasteiger partial charge is 0.372 e. The van der Waals surface area contributed by atoms with E-state index < -0.39 is 17.4 Å². The number of ether oxygens (including phenoxy) is 1. The van der Waals surface area contributed by atoms with Crippen LogP contribution in [0.4, 0.5) is 4.39 Å². The molecule has 0 N–H and O–H groups in total. The number of thioether (sulfide) groups is 1. The predicted octanol–water partition coefficient (Wildman–Crippen LogP) is 3.54. The Labute approximate surface area is 140 Å². The van der Waals surface area contributed by atoms with Crippen molar-refractivity contribution in [2.45, 2.75) is 17.7 Å². The molecule has 0 amide bonds. The Kier molecular flexibility index (Phi) is 4.61. The summed E-state index contributed by atoms with van der Waals surface area (Å²) >= 11 is 1.31. The highest BCUT2D eigenvalue weighted by Gasteiger charge is 2.16. The summed E-state index contributed by atoms with van der Waals surface area (Å²) in [6, 6.07) is 9.90. The largest absolute Gasteiger partial charge is 0.427 e. The summed E-state index contributed by atoms with van der Waals surface area (Å²) in [5.41, 5.74) is -0.665. The molecule has 0 unspecified atom stereocenters. The van der Waals surface area contributed by atoms with Crippen LogP contribution in [-0.2, 0) is 10.5 Å². The molecule has 0 radical (unpaired) electrons. The maximum absolute atomic E-state index is 14.2. The zero-order valence-corrected chi connectivity index (χ0v) is 13.4. The van der Waals surface area contributed by atoms with Crippen molar-refractivity contribution in [3.8, 4) is 5.75 Å². The van der Waals surface area contributed by atoms with Gasteiger partial charge < -0.3 is 9.15 Å². The van der Waals surface area contributed by atoms with Gasteiger partial charge in [-0.25, -0.2) is 9.78 Å². The van der Waals surface area contributed by atoms with Crippen LogP contribution < -0.4 is 10.4 Å². The Bertz CT molecular complexity index is 956. The van der Waals surface area contributed by atoms with Gasteiger partial charge >= 0.3 is 11.6 Å². The van der Waals surface area contributed by atoms with Crippen LogP contribution >= 0.6 is 11.8 Å². The summed E-state index contributed by atoms with van der Waals surface area (Å²) < 4.78 is 24.1. The van der Waals surface area contributed by atoms with E-state index in [2.05, 4.69) is 4.98 Å². The minimum Gasteiger partial charge on any atom is -0.427 e. The average Bonchev–Trinajstić information content (AvgIpc) is 2.56. The third kappa shape index (κ3) is 3.46. The highest BCUT2D eigenvalue weighted by atomic mass is 32.2. The first-order valence-electron chi connectivity index (χ1n) is 7.02. The number of benzene rings is 1. The Morgan fingerprint density at radius 1 is 1.33 bits per heavy atom. The Morgan fingerprint density at radius 2 is 2.17 bits per heavy atom. The lowest BCUT2D eigenvalue weighted by molar-refractivity contribution is -0.131. The van der Waals surface area contributed by atoms with E-state index in [1.54, 1.807) is 24.4 Å². The Hall–Kier alpha value is -2.67.